The van der Waals surface area contributed by atoms with Crippen LogP contribution in [0.25, 0.3) is 0 Å². The first-order chi connectivity index (χ1) is 24.6. The molecule has 8 heteroatoms. The van der Waals surface area contributed by atoms with Gasteiger partial charge < -0.3 is 29.3 Å². The van der Waals surface area contributed by atoms with E-state index in [0.717, 1.165) is 20.7 Å². The molecule has 0 spiro atoms. The van der Waals surface area contributed by atoms with E-state index in [4.69, 9.17) is 8.85 Å². The van der Waals surface area contributed by atoms with Gasteiger partial charge in [0.2, 0.25) is 0 Å². The van der Waals surface area contributed by atoms with Crippen molar-refractivity contribution in [2.75, 3.05) is 13.2 Å². The monoisotopic (exact) mass is 740 g/mol. The van der Waals surface area contributed by atoms with E-state index in [1.165, 1.54) is 0 Å². The lowest BCUT2D eigenvalue weighted by Gasteiger charge is -2.43. The van der Waals surface area contributed by atoms with E-state index in [2.05, 4.69) is 96.7 Å². The quantitative estimate of drug-likeness (QED) is 0.0773. The summed E-state index contributed by atoms with van der Waals surface area (Å²) in [7, 11) is -5.65. The van der Waals surface area contributed by atoms with Crippen LogP contribution in [0, 0.1) is 0 Å². The fourth-order valence-corrected chi connectivity index (χ4v) is 16.8. The summed E-state index contributed by atoms with van der Waals surface area (Å²) in [5.41, 5.74) is 0.653. The Morgan fingerprint density at radius 1 is 0.481 bits per heavy atom. The molecule has 0 saturated carbocycles. The molecule has 0 aliphatic carbocycles. The van der Waals surface area contributed by atoms with Gasteiger partial charge in [0, 0.05) is 12.8 Å². The second kappa shape index (κ2) is 18.2. The highest BCUT2D eigenvalue weighted by Crippen LogP contribution is 2.38. The third-order valence-electron chi connectivity index (χ3n) is 9.95. The maximum atomic E-state index is 11.1. The van der Waals surface area contributed by atoms with Crippen molar-refractivity contribution in [2.45, 2.75) is 102 Å². The van der Waals surface area contributed by atoms with E-state index in [9.17, 15) is 20.4 Å². The smallest absolute Gasteiger partial charge is 0.261 e. The van der Waals surface area contributed by atoms with Gasteiger partial charge >= 0.3 is 0 Å². The number of aliphatic hydroxyl groups is 4. The Hall–Kier alpha value is -3.19. The molecule has 0 radical (unpaired) electrons. The van der Waals surface area contributed by atoms with Crippen molar-refractivity contribution in [1.29, 1.82) is 0 Å². The Kier molecular flexibility index (Phi) is 14.6. The van der Waals surface area contributed by atoms with Gasteiger partial charge in [-0.15, -0.1) is 0 Å². The molecule has 0 fully saturated rings. The maximum absolute atomic E-state index is 11.1. The average Bonchev–Trinajstić information content (AvgIpc) is 3.09. The van der Waals surface area contributed by atoms with Crippen molar-refractivity contribution in [3.05, 3.63) is 133 Å². The molecule has 0 saturated heterocycles. The van der Waals surface area contributed by atoms with E-state index < -0.39 is 41.1 Å². The topological polar surface area (TPSA) is 99.4 Å². The molecule has 4 N–H and O–H groups in total. The van der Waals surface area contributed by atoms with E-state index in [1.54, 1.807) is 0 Å². The van der Waals surface area contributed by atoms with Crippen molar-refractivity contribution >= 4 is 37.4 Å². The first-order valence-corrected chi connectivity index (χ1v) is 22.3. The van der Waals surface area contributed by atoms with E-state index in [0.29, 0.717) is 5.57 Å². The zero-order chi connectivity index (χ0) is 38.0. The second-order valence-electron chi connectivity index (χ2n) is 16.2. The molecular formula is C44H60O6Si2. The Bertz CT molecular complexity index is 1440. The summed E-state index contributed by atoms with van der Waals surface area (Å²) < 4.78 is 13.7. The van der Waals surface area contributed by atoms with Crippen LogP contribution in [0.1, 0.15) is 67.2 Å². The van der Waals surface area contributed by atoms with Gasteiger partial charge in [0.25, 0.3) is 16.6 Å². The third-order valence-corrected chi connectivity index (χ3v) is 20.0. The van der Waals surface area contributed by atoms with Crippen LogP contribution in [0.5, 0.6) is 0 Å². The van der Waals surface area contributed by atoms with Crippen LogP contribution < -0.4 is 20.7 Å². The predicted octanol–water partition coefficient (Wildman–Crippen LogP) is 5.70. The highest BCUT2D eigenvalue weighted by atomic mass is 28.4. The van der Waals surface area contributed by atoms with Crippen LogP contribution in [0.15, 0.2) is 133 Å². The van der Waals surface area contributed by atoms with Gasteiger partial charge in [-0.3, -0.25) is 0 Å². The van der Waals surface area contributed by atoms with Crippen molar-refractivity contribution in [3.63, 3.8) is 0 Å². The fourth-order valence-electron chi connectivity index (χ4n) is 7.65. The van der Waals surface area contributed by atoms with E-state index >= 15 is 0 Å². The molecule has 280 valence electrons. The van der Waals surface area contributed by atoms with Crippen LogP contribution in [0.3, 0.4) is 0 Å². The predicted molar refractivity (Wildman–Crippen MR) is 219 cm³/mol. The lowest BCUT2D eigenvalue weighted by molar-refractivity contribution is 0.0401. The van der Waals surface area contributed by atoms with Crippen LogP contribution in [0.2, 0.25) is 10.1 Å². The van der Waals surface area contributed by atoms with Gasteiger partial charge in [0.15, 0.2) is 0 Å². The van der Waals surface area contributed by atoms with Gasteiger partial charge in [-0.05, 0) is 43.7 Å². The molecule has 0 aliphatic heterocycles. The largest absolute Gasteiger partial charge is 0.405 e. The van der Waals surface area contributed by atoms with Crippen molar-refractivity contribution in [3.8, 4) is 0 Å². The molecule has 4 aromatic rings. The normalized spacial score (nSPS) is 15.1. The summed E-state index contributed by atoms with van der Waals surface area (Å²) in [5, 5.41) is 48.2. The highest BCUT2D eigenvalue weighted by molar-refractivity contribution is 7.00. The Labute approximate surface area is 314 Å². The molecule has 52 heavy (non-hydrogen) atoms. The molecule has 4 rings (SSSR count). The molecule has 0 amide bonds. The number of hydrogen-bond acceptors (Lipinski definition) is 6. The molecular weight excluding hydrogens is 681 g/mol. The minimum Gasteiger partial charge on any atom is -0.405 e. The Morgan fingerprint density at radius 3 is 0.962 bits per heavy atom. The third kappa shape index (κ3) is 10.1. The van der Waals surface area contributed by atoms with Gasteiger partial charge in [-0.1, -0.05) is 175 Å². The molecule has 2 unspecified atom stereocenters. The Balaban J connectivity index is 1.33. The summed E-state index contributed by atoms with van der Waals surface area (Å²) in [5.74, 6) is 0. The molecule has 0 bridgehead atoms. The number of aliphatic hydroxyl groups excluding tert-OH is 4. The summed E-state index contributed by atoms with van der Waals surface area (Å²) >= 11 is 0. The summed E-state index contributed by atoms with van der Waals surface area (Å²) in [6.07, 6.45) is -2.83. The van der Waals surface area contributed by atoms with E-state index in [1.807, 2.05) is 72.8 Å². The zero-order valence-electron chi connectivity index (χ0n) is 31.9. The first-order valence-electron chi connectivity index (χ1n) is 18.5. The second-order valence-corrected chi connectivity index (χ2v) is 24.8. The molecule has 4 atom stereocenters. The molecule has 0 aliphatic rings. The molecule has 4 aromatic carbocycles. The van der Waals surface area contributed by atoms with Gasteiger partial charge in [-0.25, -0.2) is 0 Å². The van der Waals surface area contributed by atoms with Gasteiger partial charge in [-0.2, -0.15) is 0 Å². The molecule has 6 nitrogen and oxygen atoms in total. The maximum Gasteiger partial charge on any atom is 0.261 e. The van der Waals surface area contributed by atoms with Gasteiger partial charge in [0.1, 0.15) is 0 Å². The standard InChI is InChI=1S/C44H60O6Si2/c1-34(28-35(45)30-37(47)32-49-51(43(2,3)4,39-20-12-8-13-21-39)40-22-14-9-15-23-40)29-36(46)31-38(48)33-50-52(44(5,6)7,41-24-16-10-17-25-41)42-26-18-11-19-27-42/h8-27,35-38,45-48H,1,28-33H2,2-7H3/t35?,36?,37-,38+. The Morgan fingerprint density at radius 2 is 0.731 bits per heavy atom. The van der Waals surface area contributed by atoms with Crippen molar-refractivity contribution < 1.29 is 29.3 Å². The minimum atomic E-state index is -2.82. The van der Waals surface area contributed by atoms with Gasteiger partial charge in [0.05, 0.1) is 37.6 Å². The summed E-state index contributed by atoms with van der Waals surface area (Å²) in [4.78, 5) is 0. The lowest BCUT2D eigenvalue weighted by atomic mass is 9.98. The molecule has 0 heterocycles. The van der Waals surface area contributed by atoms with Crippen LogP contribution in [-0.4, -0.2) is 74.7 Å². The number of hydrogen-bond donors (Lipinski definition) is 4. The number of rotatable bonds is 18. The van der Waals surface area contributed by atoms with Crippen LogP contribution in [-0.2, 0) is 8.85 Å². The summed E-state index contributed by atoms with van der Waals surface area (Å²) in [6.45, 7) is 17.4. The zero-order valence-corrected chi connectivity index (χ0v) is 33.9. The molecule has 0 aromatic heterocycles. The number of benzene rings is 4. The minimum absolute atomic E-state index is 0.0803. The lowest BCUT2D eigenvalue weighted by Crippen LogP contribution is -2.67. The van der Waals surface area contributed by atoms with Crippen molar-refractivity contribution in [1.82, 2.24) is 0 Å². The summed E-state index contributed by atoms with van der Waals surface area (Å²) in [6, 6.07) is 41.1. The van der Waals surface area contributed by atoms with Crippen molar-refractivity contribution in [2.24, 2.45) is 0 Å². The SMILES string of the molecule is C=C(CC(O)C[C@H](O)CO[Si](c1ccccc1)(c1ccccc1)C(C)(C)C)CC(O)C[C@@H](O)CO[Si](c1ccccc1)(c1ccccc1)C(C)(C)C. The van der Waals surface area contributed by atoms with Crippen LogP contribution in [0.4, 0.5) is 0 Å². The first kappa shape index (κ1) is 41.6. The van der Waals surface area contributed by atoms with E-state index in [-0.39, 0.29) is 49.0 Å². The van der Waals surface area contributed by atoms with Crippen LogP contribution >= 0.6 is 0 Å². The average molecular weight is 741 g/mol. The highest BCUT2D eigenvalue weighted by Gasteiger charge is 2.51. The fraction of sp³-hybridized carbons (Fsp3) is 0.409.